The summed E-state index contributed by atoms with van der Waals surface area (Å²) >= 11 is 0. The molecule has 1 fully saturated rings. The van der Waals surface area contributed by atoms with Crippen molar-refractivity contribution in [3.63, 3.8) is 0 Å². The Morgan fingerprint density at radius 2 is 1.89 bits per heavy atom. The van der Waals surface area contributed by atoms with E-state index in [1.54, 1.807) is 12.1 Å². The molecule has 37 heavy (non-hydrogen) atoms. The van der Waals surface area contributed by atoms with E-state index in [1.165, 1.54) is 23.3 Å². The van der Waals surface area contributed by atoms with E-state index >= 15 is 0 Å². The Balaban J connectivity index is 1.61. The van der Waals surface area contributed by atoms with Crippen LogP contribution in [-0.4, -0.2) is 56.0 Å². The van der Waals surface area contributed by atoms with Crippen LogP contribution in [0, 0.1) is 18.6 Å². The van der Waals surface area contributed by atoms with E-state index in [0.717, 1.165) is 34.4 Å². The highest BCUT2D eigenvalue weighted by Crippen LogP contribution is 2.32. The zero-order chi connectivity index (χ0) is 26.3. The summed E-state index contributed by atoms with van der Waals surface area (Å²) in [4.78, 5) is 23.8. The Morgan fingerprint density at radius 1 is 1.14 bits per heavy atom. The van der Waals surface area contributed by atoms with E-state index < -0.39 is 33.7 Å². The number of aryl methyl sites for hydroxylation is 1. The van der Waals surface area contributed by atoms with Crippen molar-refractivity contribution in [1.82, 2.24) is 23.9 Å². The Labute approximate surface area is 210 Å². The Bertz CT molecular complexity index is 1610. The number of hydrogen-bond acceptors (Lipinski definition) is 8. The van der Waals surface area contributed by atoms with Crippen molar-refractivity contribution in [1.29, 1.82) is 0 Å². The number of pyridine rings is 1. The molecule has 0 aliphatic carbocycles. The average molecular weight is 529 g/mol. The molecular weight excluding hydrogens is 506 g/mol. The number of nitrogens with one attached hydrogen (secondary N) is 1. The van der Waals surface area contributed by atoms with Crippen molar-refractivity contribution < 1.29 is 27.1 Å². The van der Waals surface area contributed by atoms with E-state index in [0.29, 0.717) is 19.4 Å². The molecule has 0 saturated carbocycles. The highest BCUT2D eigenvalue weighted by molar-refractivity contribution is 7.90. The number of carboxylic acids is 1. The van der Waals surface area contributed by atoms with Gasteiger partial charge in [0.05, 0.1) is 17.3 Å². The number of halogens is 2. The van der Waals surface area contributed by atoms with Gasteiger partial charge in [0.2, 0.25) is 0 Å². The van der Waals surface area contributed by atoms with Crippen LogP contribution in [-0.2, 0) is 14.8 Å². The van der Waals surface area contributed by atoms with Gasteiger partial charge >= 0.3 is 5.97 Å². The summed E-state index contributed by atoms with van der Waals surface area (Å²) in [6, 6.07) is 6.44. The molecule has 13 heteroatoms. The van der Waals surface area contributed by atoms with Gasteiger partial charge in [0.25, 0.3) is 10.0 Å². The maximum Gasteiger partial charge on any atom is 0.322 e. The highest BCUT2D eigenvalue weighted by atomic mass is 32.2. The molecule has 4 heterocycles. The first kappa shape index (κ1) is 24.7. The lowest BCUT2D eigenvalue weighted by molar-refractivity contribution is -0.143. The molecule has 3 aromatic heterocycles. The number of carbonyl (C=O) groups is 1. The number of nitrogens with zero attached hydrogens (tertiary/aromatic N) is 5. The van der Waals surface area contributed by atoms with E-state index in [1.807, 2.05) is 6.92 Å². The van der Waals surface area contributed by atoms with Crippen molar-refractivity contribution in [2.75, 3.05) is 12.0 Å². The molecule has 1 aromatic carbocycles. The second-order valence-electron chi connectivity index (χ2n) is 8.73. The predicted octanol–water partition coefficient (Wildman–Crippen LogP) is 3.58. The summed E-state index contributed by atoms with van der Waals surface area (Å²) in [7, 11) is -4.13. The first-order valence-electron chi connectivity index (χ1n) is 11.4. The topological polar surface area (TPSA) is 130 Å². The summed E-state index contributed by atoms with van der Waals surface area (Å²) < 4.78 is 56.6. The number of rotatable bonds is 6. The minimum absolute atomic E-state index is 0.000124. The number of aliphatic carboxylic acids is 1. The number of piperidine rings is 1. The second kappa shape index (κ2) is 9.48. The Morgan fingerprint density at radius 3 is 2.62 bits per heavy atom. The number of benzene rings is 1. The maximum absolute atomic E-state index is 14.7. The smallest absolute Gasteiger partial charge is 0.322 e. The van der Waals surface area contributed by atoms with Crippen LogP contribution < -0.4 is 5.43 Å². The molecule has 1 atom stereocenters. The lowest BCUT2D eigenvalue weighted by atomic mass is 10.0. The van der Waals surface area contributed by atoms with Crippen LogP contribution in [0.1, 0.15) is 24.8 Å². The SMILES string of the molecule is Cc1ccc(S(=O)(=O)n2cc(-c3ncc(F)c(NN4CCCCC4C(=O)O)n3)c3cc(F)cnc32)cc1. The molecule has 10 nitrogen and oxygen atoms in total. The number of hydrazine groups is 1. The van der Waals surface area contributed by atoms with Crippen molar-refractivity contribution in [3.05, 3.63) is 66.1 Å². The zero-order valence-electron chi connectivity index (χ0n) is 19.6. The number of hydrogen-bond donors (Lipinski definition) is 2. The van der Waals surface area contributed by atoms with Gasteiger partial charge in [0.1, 0.15) is 11.9 Å². The standard InChI is InChI=1S/C24H22F2N6O4S/c1-14-5-7-16(8-6-14)37(35,36)32-13-18(17-10-15(25)11-28-23(17)32)21-27-12-19(26)22(29-21)30-31-9-3-2-4-20(31)24(33)34/h5-8,10-13,20H,2-4,9H2,1H3,(H,33,34)(H,27,29,30). The maximum atomic E-state index is 14.7. The fourth-order valence-electron chi connectivity index (χ4n) is 4.27. The molecule has 1 unspecified atom stereocenters. The zero-order valence-corrected chi connectivity index (χ0v) is 20.4. The quantitative estimate of drug-likeness (QED) is 0.386. The number of fused-ring (bicyclic) bond motifs is 1. The van der Waals surface area contributed by atoms with Crippen molar-refractivity contribution in [2.45, 2.75) is 37.1 Å². The largest absolute Gasteiger partial charge is 0.480 e. The lowest BCUT2D eigenvalue weighted by Gasteiger charge is -2.33. The molecule has 1 aliphatic rings. The van der Waals surface area contributed by atoms with Gasteiger partial charge in [-0.2, -0.15) is 0 Å². The van der Waals surface area contributed by atoms with Gasteiger partial charge in [-0.05, 0) is 44.4 Å². The molecule has 0 spiro atoms. The van der Waals surface area contributed by atoms with Crippen molar-refractivity contribution in [3.8, 4) is 11.4 Å². The Kier molecular flexibility index (Phi) is 6.33. The minimum atomic E-state index is -4.13. The molecule has 2 N–H and O–H groups in total. The predicted molar refractivity (Wildman–Crippen MR) is 130 cm³/mol. The molecule has 0 bridgehead atoms. The summed E-state index contributed by atoms with van der Waals surface area (Å²) in [5.74, 6) is -2.98. The van der Waals surface area contributed by atoms with Crippen molar-refractivity contribution in [2.24, 2.45) is 0 Å². The lowest BCUT2D eigenvalue weighted by Crippen LogP contribution is -2.48. The first-order valence-corrected chi connectivity index (χ1v) is 12.9. The van der Waals surface area contributed by atoms with E-state index in [-0.39, 0.29) is 33.1 Å². The third-order valence-corrected chi connectivity index (χ3v) is 7.84. The molecule has 192 valence electrons. The van der Waals surface area contributed by atoms with Gasteiger partial charge in [-0.25, -0.2) is 41.1 Å². The van der Waals surface area contributed by atoms with E-state index in [2.05, 4.69) is 20.4 Å². The summed E-state index contributed by atoms with van der Waals surface area (Å²) in [6.07, 6.45) is 4.82. The molecule has 1 aliphatic heterocycles. The van der Waals surface area contributed by atoms with Crippen LogP contribution in [0.2, 0.25) is 0 Å². The van der Waals surface area contributed by atoms with Crippen LogP contribution in [0.4, 0.5) is 14.6 Å². The van der Waals surface area contributed by atoms with E-state index in [9.17, 15) is 27.1 Å². The van der Waals surface area contributed by atoms with Gasteiger partial charge in [-0.1, -0.05) is 17.7 Å². The molecule has 1 saturated heterocycles. The van der Waals surface area contributed by atoms with Crippen molar-refractivity contribution >= 4 is 32.8 Å². The summed E-state index contributed by atoms with van der Waals surface area (Å²) in [5, 5.41) is 11.0. The highest BCUT2D eigenvalue weighted by Gasteiger charge is 2.30. The average Bonchev–Trinajstić information content (AvgIpc) is 3.25. The van der Waals surface area contributed by atoms with Crippen LogP contribution >= 0.6 is 0 Å². The minimum Gasteiger partial charge on any atom is -0.480 e. The van der Waals surface area contributed by atoms with Crippen LogP contribution in [0.3, 0.4) is 0 Å². The third-order valence-electron chi connectivity index (χ3n) is 6.18. The van der Waals surface area contributed by atoms with Gasteiger partial charge in [-0.3, -0.25) is 10.2 Å². The van der Waals surface area contributed by atoms with Gasteiger partial charge < -0.3 is 5.11 Å². The fraction of sp³-hybridized carbons (Fsp3) is 0.250. The molecule has 0 amide bonds. The molecule has 0 radical (unpaired) electrons. The van der Waals surface area contributed by atoms with Gasteiger partial charge in [0, 0.05) is 23.7 Å². The molecule has 5 rings (SSSR count). The van der Waals surface area contributed by atoms with Crippen LogP contribution in [0.5, 0.6) is 0 Å². The first-order chi connectivity index (χ1) is 17.6. The van der Waals surface area contributed by atoms with Crippen LogP contribution in [0.15, 0.2) is 53.8 Å². The number of carboxylic acid groups (broad SMARTS) is 1. The molecule has 4 aromatic rings. The fourth-order valence-corrected chi connectivity index (χ4v) is 5.60. The number of aromatic nitrogens is 4. The van der Waals surface area contributed by atoms with Gasteiger partial charge in [0.15, 0.2) is 23.1 Å². The summed E-state index contributed by atoms with van der Waals surface area (Å²) in [6.45, 7) is 2.18. The van der Waals surface area contributed by atoms with Gasteiger partial charge in [-0.15, -0.1) is 0 Å². The summed E-state index contributed by atoms with van der Waals surface area (Å²) in [5.41, 5.74) is 3.65. The molecular formula is C24H22F2N6O4S. The monoisotopic (exact) mass is 528 g/mol. The van der Waals surface area contributed by atoms with E-state index in [4.69, 9.17) is 0 Å². The van der Waals surface area contributed by atoms with Crippen LogP contribution in [0.25, 0.3) is 22.4 Å². The second-order valence-corrected chi connectivity index (χ2v) is 10.5. The number of anilines is 1. The normalized spacial score (nSPS) is 16.7. The third kappa shape index (κ3) is 4.62. The Hall–Kier alpha value is -3.97.